The van der Waals surface area contributed by atoms with Gasteiger partial charge in [-0.05, 0) is 31.4 Å². The molecule has 0 fully saturated rings. The van der Waals surface area contributed by atoms with Crippen LogP contribution < -0.4 is 11.1 Å². The zero-order valence-electron chi connectivity index (χ0n) is 14.2. The molecule has 2 aromatic rings. The lowest BCUT2D eigenvalue weighted by Gasteiger charge is -2.14. The number of aliphatic imine (C=N–C) groups is 1. The standard InChI is InChI=1S/C17H27N5.HI/c1-13(2)7-6-8-14(3)20-17(18)19-11-15-12-22-10-5-4-9-16(22)21-15;/h4-5,9-10,12-14H,6-8,11H2,1-3H3,(H3,18,19,20);1H. The molecule has 0 aliphatic rings. The molecule has 128 valence electrons. The maximum Gasteiger partial charge on any atom is 0.189 e. The monoisotopic (exact) mass is 429 g/mol. The first-order valence-corrected chi connectivity index (χ1v) is 8.03. The third-order valence-corrected chi connectivity index (χ3v) is 3.64. The van der Waals surface area contributed by atoms with E-state index in [-0.39, 0.29) is 24.0 Å². The van der Waals surface area contributed by atoms with E-state index in [1.807, 2.05) is 35.0 Å². The summed E-state index contributed by atoms with van der Waals surface area (Å²) in [5.41, 5.74) is 7.80. The van der Waals surface area contributed by atoms with E-state index in [0.29, 0.717) is 18.5 Å². The number of guanidine groups is 1. The van der Waals surface area contributed by atoms with Gasteiger partial charge in [-0.25, -0.2) is 9.98 Å². The molecule has 6 heteroatoms. The first-order valence-electron chi connectivity index (χ1n) is 8.03. The van der Waals surface area contributed by atoms with E-state index in [1.54, 1.807) is 0 Å². The summed E-state index contributed by atoms with van der Waals surface area (Å²) in [7, 11) is 0. The fourth-order valence-electron chi connectivity index (χ4n) is 2.43. The Kier molecular flexibility index (Phi) is 8.36. The van der Waals surface area contributed by atoms with Gasteiger partial charge in [-0.3, -0.25) is 0 Å². The second kappa shape index (κ2) is 9.75. The Balaban J connectivity index is 0.00000264. The molecule has 0 saturated heterocycles. The molecule has 5 nitrogen and oxygen atoms in total. The van der Waals surface area contributed by atoms with Crippen molar-refractivity contribution in [3.63, 3.8) is 0 Å². The Hall–Kier alpha value is -1.31. The van der Waals surface area contributed by atoms with E-state index in [1.165, 1.54) is 12.8 Å². The van der Waals surface area contributed by atoms with E-state index in [2.05, 4.69) is 36.1 Å². The lowest BCUT2D eigenvalue weighted by atomic mass is 10.0. The van der Waals surface area contributed by atoms with Crippen LogP contribution in [-0.4, -0.2) is 21.4 Å². The van der Waals surface area contributed by atoms with Crippen LogP contribution in [0.3, 0.4) is 0 Å². The van der Waals surface area contributed by atoms with Gasteiger partial charge in [0, 0.05) is 18.4 Å². The molecular formula is C17H28IN5. The number of aromatic nitrogens is 2. The van der Waals surface area contributed by atoms with E-state index >= 15 is 0 Å². The summed E-state index contributed by atoms with van der Waals surface area (Å²) in [6.45, 7) is 7.15. The van der Waals surface area contributed by atoms with Crippen LogP contribution in [0.5, 0.6) is 0 Å². The molecule has 2 heterocycles. The van der Waals surface area contributed by atoms with Gasteiger partial charge in [-0.15, -0.1) is 24.0 Å². The predicted octanol–water partition coefficient (Wildman–Crippen LogP) is 3.57. The van der Waals surface area contributed by atoms with Crippen molar-refractivity contribution in [2.75, 3.05) is 0 Å². The highest BCUT2D eigenvalue weighted by Crippen LogP contribution is 2.08. The Bertz CT molecular complexity index is 587. The van der Waals surface area contributed by atoms with Crippen molar-refractivity contribution in [3.8, 4) is 0 Å². The van der Waals surface area contributed by atoms with Crippen LogP contribution in [0, 0.1) is 5.92 Å². The van der Waals surface area contributed by atoms with Crippen molar-refractivity contribution in [2.45, 2.75) is 52.6 Å². The number of hydrogen-bond donors (Lipinski definition) is 2. The Morgan fingerprint density at radius 3 is 2.78 bits per heavy atom. The van der Waals surface area contributed by atoms with Gasteiger partial charge in [-0.1, -0.05) is 32.8 Å². The van der Waals surface area contributed by atoms with Crippen LogP contribution in [0.15, 0.2) is 35.6 Å². The minimum Gasteiger partial charge on any atom is -0.370 e. The van der Waals surface area contributed by atoms with Gasteiger partial charge in [0.25, 0.3) is 0 Å². The minimum atomic E-state index is 0. The quantitative estimate of drug-likeness (QED) is 0.402. The largest absolute Gasteiger partial charge is 0.370 e. The number of fused-ring (bicyclic) bond motifs is 1. The molecular weight excluding hydrogens is 401 g/mol. The summed E-state index contributed by atoms with van der Waals surface area (Å²) in [5, 5.41) is 3.25. The van der Waals surface area contributed by atoms with E-state index in [0.717, 1.165) is 23.7 Å². The van der Waals surface area contributed by atoms with Crippen molar-refractivity contribution in [1.82, 2.24) is 14.7 Å². The molecule has 0 aliphatic heterocycles. The second-order valence-corrected chi connectivity index (χ2v) is 6.27. The maximum atomic E-state index is 5.95. The topological polar surface area (TPSA) is 67.7 Å². The maximum absolute atomic E-state index is 5.95. The molecule has 0 aliphatic carbocycles. The van der Waals surface area contributed by atoms with Crippen LogP contribution >= 0.6 is 24.0 Å². The lowest BCUT2D eigenvalue weighted by Crippen LogP contribution is -2.38. The van der Waals surface area contributed by atoms with Crippen LogP contribution in [-0.2, 0) is 6.54 Å². The molecule has 1 atom stereocenters. The molecule has 0 spiro atoms. The smallest absolute Gasteiger partial charge is 0.189 e. The average Bonchev–Trinajstić information content (AvgIpc) is 2.87. The zero-order valence-corrected chi connectivity index (χ0v) is 16.5. The fraction of sp³-hybridized carbons (Fsp3) is 0.529. The molecule has 0 radical (unpaired) electrons. The molecule has 3 N–H and O–H groups in total. The third kappa shape index (κ3) is 6.76. The number of imidazole rings is 1. The highest BCUT2D eigenvalue weighted by Gasteiger charge is 2.04. The van der Waals surface area contributed by atoms with Crippen LogP contribution in [0.2, 0.25) is 0 Å². The molecule has 0 saturated carbocycles. The number of pyridine rings is 1. The van der Waals surface area contributed by atoms with E-state index in [4.69, 9.17) is 5.73 Å². The summed E-state index contributed by atoms with van der Waals surface area (Å²) in [6.07, 6.45) is 7.55. The van der Waals surface area contributed by atoms with Gasteiger partial charge in [0.1, 0.15) is 5.65 Å². The first kappa shape index (κ1) is 19.7. The van der Waals surface area contributed by atoms with Gasteiger partial charge in [0.05, 0.1) is 12.2 Å². The van der Waals surface area contributed by atoms with Crippen molar-refractivity contribution in [1.29, 1.82) is 0 Å². The van der Waals surface area contributed by atoms with Gasteiger partial charge in [-0.2, -0.15) is 0 Å². The number of halogens is 1. The summed E-state index contributed by atoms with van der Waals surface area (Å²) >= 11 is 0. The number of nitrogens with one attached hydrogen (secondary N) is 1. The average molecular weight is 429 g/mol. The third-order valence-electron chi connectivity index (χ3n) is 3.64. The second-order valence-electron chi connectivity index (χ2n) is 6.27. The Labute approximate surface area is 155 Å². The van der Waals surface area contributed by atoms with Crippen molar-refractivity contribution >= 4 is 35.6 Å². The summed E-state index contributed by atoms with van der Waals surface area (Å²) in [5.74, 6) is 1.25. The van der Waals surface area contributed by atoms with Crippen LogP contribution in [0.1, 0.15) is 45.7 Å². The number of rotatable bonds is 7. The fourth-order valence-corrected chi connectivity index (χ4v) is 2.43. The number of nitrogens with zero attached hydrogens (tertiary/aromatic N) is 3. The molecule has 23 heavy (non-hydrogen) atoms. The summed E-state index contributed by atoms with van der Waals surface area (Å²) in [4.78, 5) is 8.89. The number of hydrogen-bond acceptors (Lipinski definition) is 2. The molecule has 2 rings (SSSR count). The predicted molar refractivity (Wildman–Crippen MR) is 107 cm³/mol. The molecule has 0 aromatic carbocycles. The zero-order chi connectivity index (χ0) is 15.9. The molecule has 0 bridgehead atoms. The van der Waals surface area contributed by atoms with E-state index < -0.39 is 0 Å². The Morgan fingerprint density at radius 1 is 1.30 bits per heavy atom. The van der Waals surface area contributed by atoms with Crippen molar-refractivity contribution in [2.24, 2.45) is 16.6 Å². The highest BCUT2D eigenvalue weighted by atomic mass is 127. The van der Waals surface area contributed by atoms with Crippen molar-refractivity contribution < 1.29 is 0 Å². The van der Waals surface area contributed by atoms with Gasteiger partial charge in [0.2, 0.25) is 0 Å². The molecule has 2 aromatic heterocycles. The number of nitrogens with two attached hydrogens (primary N) is 1. The lowest BCUT2D eigenvalue weighted by molar-refractivity contribution is 0.493. The summed E-state index contributed by atoms with van der Waals surface area (Å²) < 4.78 is 1.99. The van der Waals surface area contributed by atoms with Gasteiger partial charge < -0.3 is 15.5 Å². The van der Waals surface area contributed by atoms with E-state index in [9.17, 15) is 0 Å². The van der Waals surface area contributed by atoms with Gasteiger partial charge in [0.15, 0.2) is 5.96 Å². The minimum absolute atomic E-state index is 0. The summed E-state index contributed by atoms with van der Waals surface area (Å²) in [6, 6.07) is 6.29. The molecule has 1 unspecified atom stereocenters. The van der Waals surface area contributed by atoms with Gasteiger partial charge >= 0.3 is 0 Å². The normalized spacial score (nSPS) is 13.1. The highest BCUT2D eigenvalue weighted by molar-refractivity contribution is 14.0. The SMILES string of the molecule is CC(C)CCCC(C)NC(N)=NCc1cn2ccccc2n1.I. The van der Waals surface area contributed by atoms with Crippen LogP contribution in [0.25, 0.3) is 5.65 Å². The molecule has 0 amide bonds. The van der Waals surface area contributed by atoms with Crippen molar-refractivity contribution in [3.05, 3.63) is 36.3 Å². The first-order chi connectivity index (χ1) is 10.5. The van der Waals surface area contributed by atoms with Crippen LogP contribution in [0.4, 0.5) is 0 Å². The Morgan fingerprint density at radius 2 is 2.09 bits per heavy atom.